The molecule has 0 spiro atoms. The van der Waals surface area contributed by atoms with Crippen LogP contribution in [0.4, 0.5) is 10.1 Å². The Bertz CT molecular complexity index is 1130. The number of rotatable bonds is 6. The highest BCUT2D eigenvalue weighted by Gasteiger charge is 2.40. The van der Waals surface area contributed by atoms with Crippen LogP contribution in [0.3, 0.4) is 0 Å². The van der Waals surface area contributed by atoms with Gasteiger partial charge in [-0.05, 0) is 49.4 Å². The SMILES string of the molecule is COc1ccc(/C(C)=N/N=C(N)SC2CC(=O)N(c3ccc(C(=O)O)cc3)C2=O)cc1F. The predicted molar refractivity (Wildman–Crippen MR) is 119 cm³/mol. The average Bonchev–Trinajstić information content (AvgIpc) is 3.04. The molecule has 1 unspecified atom stereocenters. The normalized spacial score (nSPS) is 17.1. The third-order valence-electron chi connectivity index (χ3n) is 4.61. The van der Waals surface area contributed by atoms with Gasteiger partial charge in [-0.2, -0.15) is 5.10 Å². The summed E-state index contributed by atoms with van der Waals surface area (Å²) in [5, 5.41) is 16.0. The molecule has 0 saturated carbocycles. The van der Waals surface area contributed by atoms with Crippen LogP contribution in [0, 0.1) is 5.82 Å². The lowest BCUT2D eigenvalue weighted by Crippen LogP contribution is -2.31. The number of imide groups is 1. The summed E-state index contributed by atoms with van der Waals surface area (Å²) in [6, 6.07) is 9.75. The summed E-state index contributed by atoms with van der Waals surface area (Å²) in [5.41, 5.74) is 7.06. The van der Waals surface area contributed by atoms with E-state index in [4.69, 9.17) is 15.6 Å². The molecule has 1 heterocycles. The Morgan fingerprint density at radius 1 is 1.19 bits per heavy atom. The summed E-state index contributed by atoms with van der Waals surface area (Å²) < 4.78 is 18.7. The maximum Gasteiger partial charge on any atom is 0.335 e. The molecule has 3 N–H and O–H groups in total. The van der Waals surface area contributed by atoms with Crippen molar-refractivity contribution in [2.75, 3.05) is 12.0 Å². The summed E-state index contributed by atoms with van der Waals surface area (Å²) in [7, 11) is 1.36. The summed E-state index contributed by atoms with van der Waals surface area (Å²) >= 11 is 0.892. The second kappa shape index (κ2) is 9.60. The fraction of sp³-hybridized carbons (Fsp3) is 0.190. The molecule has 2 amide bonds. The van der Waals surface area contributed by atoms with Crippen molar-refractivity contribution in [3.05, 3.63) is 59.4 Å². The molecule has 0 bridgehead atoms. The second-order valence-electron chi connectivity index (χ2n) is 6.70. The van der Waals surface area contributed by atoms with Gasteiger partial charge in [0.15, 0.2) is 16.7 Å². The number of anilines is 1. The number of aromatic carboxylic acids is 1. The van der Waals surface area contributed by atoms with Crippen LogP contribution in [0.15, 0.2) is 52.7 Å². The number of carbonyl (C=O) groups excluding carboxylic acids is 2. The van der Waals surface area contributed by atoms with E-state index >= 15 is 0 Å². The fourth-order valence-corrected chi connectivity index (χ4v) is 3.77. The van der Waals surface area contributed by atoms with E-state index in [0.717, 1.165) is 16.7 Å². The smallest absolute Gasteiger partial charge is 0.335 e. The highest BCUT2D eigenvalue weighted by atomic mass is 32.2. The highest BCUT2D eigenvalue weighted by molar-refractivity contribution is 8.14. The van der Waals surface area contributed by atoms with Gasteiger partial charge in [0.2, 0.25) is 11.8 Å². The molecule has 0 radical (unpaired) electrons. The van der Waals surface area contributed by atoms with Crippen molar-refractivity contribution in [3.63, 3.8) is 0 Å². The molecule has 11 heteroatoms. The van der Waals surface area contributed by atoms with Gasteiger partial charge < -0.3 is 15.6 Å². The molecule has 32 heavy (non-hydrogen) atoms. The van der Waals surface area contributed by atoms with Gasteiger partial charge in [-0.1, -0.05) is 11.8 Å². The first kappa shape index (κ1) is 22.9. The Morgan fingerprint density at radius 3 is 2.44 bits per heavy atom. The van der Waals surface area contributed by atoms with Gasteiger partial charge in [0, 0.05) is 12.0 Å². The third kappa shape index (κ3) is 4.94. The minimum Gasteiger partial charge on any atom is -0.494 e. The van der Waals surface area contributed by atoms with E-state index in [1.54, 1.807) is 13.0 Å². The number of amides is 2. The molecule has 1 saturated heterocycles. The molecule has 1 atom stereocenters. The van der Waals surface area contributed by atoms with E-state index in [1.807, 2.05) is 0 Å². The number of carboxylic acid groups (broad SMARTS) is 1. The number of nitrogens with two attached hydrogens (primary N) is 1. The standard InChI is InChI=1S/C21H19FN4O5S/c1-11(13-5-8-16(31-2)15(22)9-13)24-25-21(23)32-17-10-18(27)26(19(17)28)14-6-3-12(4-7-14)20(29)30/h3-9,17H,10H2,1-2H3,(H2,23,25)(H,29,30)/b24-11+. The van der Waals surface area contributed by atoms with Crippen molar-refractivity contribution in [2.45, 2.75) is 18.6 Å². The third-order valence-corrected chi connectivity index (χ3v) is 5.58. The fourth-order valence-electron chi connectivity index (χ4n) is 2.96. The first-order chi connectivity index (χ1) is 15.2. The molecule has 1 fully saturated rings. The van der Waals surface area contributed by atoms with Gasteiger partial charge in [-0.3, -0.25) is 9.59 Å². The van der Waals surface area contributed by atoms with Crippen LogP contribution in [-0.4, -0.2) is 46.1 Å². The molecule has 2 aromatic carbocycles. The molecule has 3 rings (SSSR count). The van der Waals surface area contributed by atoms with Crippen LogP contribution in [0.2, 0.25) is 0 Å². The maximum atomic E-state index is 13.9. The van der Waals surface area contributed by atoms with E-state index in [1.165, 1.54) is 43.5 Å². The number of hydrogen-bond acceptors (Lipinski definition) is 7. The zero-order valence-electron chi connectivity index (χ0n) is 17.1. The van der Waals surface area contributed by atoms with Gasteiger partial charge >= 0.3 is 5.97 Å². The lowest BCUT2D eigenvalue weighted by Gasteiger charge is -2.14. The second-order valence-corrected chi connectivity index (χ2v) is 7.93. The van der Waals surface area contributed by atoms with Gasteiger partial charge in [0.05, 0.1) is 24.1 Å². The Labute approximate surface area is 186 Å². The van der Waals surface area contributed by atoms with E-state index in [-0.39, 0.29) is 28.6 Å². The number of ether oxygens (including phenoxy) is 1. The molecular formula is C21H19FN4O5S. The molecule has 0 aromatic heterocycles. The van der Waals surface area contributed by atoms with Crippen molar-refractivity contribution < 1.29 is 28.6 Å². The summed E-state index contributed by atoms with van der Waals surface area (Å²) in [4.78, 5) is 37.0. The first-order valence-electron chi connectivity index (χ1n) is 9.29. The van der Waals surface area contributed by atoms with Gasteiger partial charge in [0.1, 0.15) is 5.25 Å². The van der Waals surface area contributed by atoms with Gasteiger partial charge in [-0.25, -0.2) is 14.1 Å². The Hall–Kier alpha value is -3.73. The molecular weight excluding hydrogens is 439 g/mol. The highest BCUT2D eigenvalue weighted by Crippen LogP contribution is 2.30. The number of thioether (sulfide) groups is 1. The van der Waals surface area contributed by atoms with E-state index < -0.39 is 28.9 Å². The van der Waals surface area contributed by atoms with Crippen molar-refractivity contribution in [1.82, 2.24) is 0 Å². The van der Waals surface area contributed by atoms with E-state index in [0.29, 0.717) is 11.3 Å². The molecule has 1 aliphatic heterocycles. The number of carbonyl (C=O) groups is 3. The average molecular weight is 458 g/mol. The van der Waals surface area contributed by atoms with Crippen LogP contribution >= 0.6 is 11.8 Å². The van der Waals surface area contributed by atoms with Crippen LogP contribution in [0.25, 0.3) is 0 Å². The summed E-state index contributed by atoms with van der Waals surface area (Å²) in [6.45, 7) is 1.62. The number of carboxylic acids is 1. The van der Waals surface area contributed by atoms with Gasteiger partial charge in [-0.15, -0.1) is 5.10 Å². The molecule has 1 aliphatic rings. The summed E-state index contributed by atoms with van der Waals surface area (Å²) in [5.74, 6) is -2.47. The Morgan fingerprint density at radius 2 is 1.84 bits per heavy atom. The number of methoxy groups -OCH3 is 1. The zero-order valence-corrected chi connectivity index (χ0v) is 17.9. The van der Waals surface area contributed by atoms with Crippen molar-refractivity contribution in [1.29, 1.82) is 0 Å². The largest absolute Gasteiger partial charge is 0.494 e. The van der Waals surface area contributed by atoms with Crippen LogP contribution in [0.1, 0.15) is 29.3 Å². The Kier molecular flexibility index (Phi) is 6.89. The van der Waals surface area contributed by atoms with Crippen LogP contribution in [-0.2, 0) is 9.59 Å². The summed E-state index contributed by atoms with van der Waals surface area (Å²) in [6.07, 6.45) is -0.0905. The predicted octanol–water partition coefficient (Wildman–Crippen LogP) is 2.64. The number of nitrogens with zero attached hydrogens (tertiary/aromatic N) is 3. The maximum absolute atomic E-state index is 13.9. The van der Waals surface area contributed by atoms with Crippen molar-refractivity contribution >= 4 is 46.1 Å². The Balaban J connectivity index is 1.70. The topological polar surface area (TPSA) is 135 Å². The van der Waals surface area contributed by atoms with Crippen molar-refractivity contribution in [3.8, 4) is 5.75 Å². The molecule has 9 nitrogen and oxygen atoms in total. The molecule has 2 aromatic rings. The number of halogens is 1. The number of hydrogen-bond donors (Lipinski definition) is 2. The zero-order chi connectivity index (χ0) is 23.4. The first-order valence-corrected chi connectivity index (χ1v) is 10.2. The number of amidine groups is 1. The minimum atomic E-state index is -1.11. The molecule has 0 aliphatic carbocycles. The van der Waals surface area contributed by atoms with Gasteiger partial charge in [0.25, 0.3) is 0 Å². The number of benzene rings is 2. The lowest BCUT2D eigenvalue weighted by molar-refractivity contribution is -0.121. The minimum absolute atomic E-state index is 0.0347. The van der Waals surface area contributed by atoms with Crippen LogP contribution in [0.5, 0.6) is 5.75 Å². The van der Waals surface area contributed by atoms with Crippen molar-refractivity contribution in [2.24, 2.45) is 15.9 Å². The lowest BCUT2D eigenvalue weighted by atomic mass is 10.1. The van der Waals surface area contributed by atoms with E-state index in [2.05, 4.69) is 10.2 Å². The van der Waals surface area contributed by atoms with Crippen LogP contribution < -0.4 is 15.4 Å². The van der Waals surface area contributed by atoms with E-state index in [9.17, 15) is 18.8 Å². The quantitative estimate of drug-likeness (QED) is 0.294. The molecule has 166 valence electrons. The monoisotopic (exact) mass is 458 g/mol.